The summed E-state index contributed by atoms with van der Waals surface area (Å²) < 4.78 is 4.94. The van der Waals surface area contributed by atoms with E-state index in [0.29, 0.717) is 0 Å². The van der Waals surface area contributed by atoms with Gasteiger partial charge in [-0.1, -0.05) is 26.2 Å². The van der Waals surface area contributed by atoms with Crippen molar-refractivity contribution in [2.75, 3.05) is 0 Å². The Labute approximate surface area is 75.3 Å². The van der Waals surface area contributed by atoms with Crippen molar-refractivity contribution in [1.82, 2.24) is 0 Å². The zero-order valence-electron chi connectivity index (χ0n) is 8.30. The molecule has 71 valence electrons. The second-order valence-electron chi connectivity index (χ2n) is 3.19. The van der Waals surface area contributed by atoms with Crippen LogP contribution >= 0.6 is 0 Å². The highest BCUT2D eigenvalue weighted by Crippen LogP contribution is 2.03. The maximum Gasteiger partial charge on any atom is 0.310 e. The molecule has 0 bridgehead atoms. The Bertz CT molecular complexity index is 119. The minimum atomic E-state index is -0.180. The molecule has 0 amide bonds. The van der Waals surface area contributed by atoms with Gasteiger partial charge in [0.05, 0.1) is 12.5 Å². The van der Waals surface area contributed by atoms with E-state index >= 15 is 0 Å². The van der Waals surface area contributed by atoms with Crippen LogP contribution < -0.4 is 0 Å². The second kappa shape index (κ2) is 7.14. The molecule has 0 spiro atoms. The Hall–Kier alpha value is -0.530. The number of rotatable bonds is 6. The summed E-state index contributed by atoms with van der Waals surface area (Å²) in [6.07, 6.45) is 5.94. The van der Waals surface area contributed by atoms with Gasteiger partial charge in [-0.2, -0.15) is 0 Å². The fraction of sp³-hybridized carbons (Fsp3) is 0.800. The SMILES string of the molecule is CCCCC[CH]C(=O)OC(C)C. The van der Waals surface area contributed by atoms with Gasteiger partial charge in [0.1, 0.15) is 0 Å². The van der Waals surface area contributed by atoms with Crippen molar-refractivity contribution < 1.29 is 9.53 Å². The zero-order valence-corrected chi connectivity index (χ0v) is 8.30. The number of ether oxygens (including phenoxy) is 1. The van der Waals surface area contributed by atoms with Crippen LogP contribution in [0.1, 0.15) is 46.5 Å². The van der Waals surface area contributed by atoms with Gasteiger partial charge in [0.25, 0.3) is 0 Å². The Morgan fingerprint density at radius 2 is 2.08 bits per heavy atom. The first kappa shape index (κ1) is 11.5. The van der Waals surface area contributed by atoms with Gasteiger partial charge in [-0.15, -0.1) is 0 Å². The third-order valence-electron chi connectivity index (χ3n) is 1.47. The van der Waals surface area contributed by atoms with Crippen LogP contribution in [0.3, 0.4) is 0 Å². The molecule has 0 N–H and O–H groups in total. The summed E-state index contributed by atoms with van der Waals surface area (Å²) in [6.45, 7) is 5.86. The lowest BCUT2D eigenvalue weighted by Crippen LogP contribution is -2.11. The van der Waals surface area contributed by atoms with E-state index in [-0.39, 0.29) is 12.1 Å². The summed E-state index contributed by atoms with van der Waals surface area (Å²) in [7, 11) is 0. The van der Waals surface area contributed by atoms with Crippen molar-refractivity contribution in [3.63, 3.8) is 0 Å². The Balaban J connectivity index is 3.20. The van der Waals surface area contributed by atoms with Gasteiger partial charge in [0.2, 0.25) is 0 Å². The molecule has 0 aliphatic rings. The lowest BCUT2D eigenvalue weighted by molar-refractivity contribution is -0.143. The van der Waals surface area contributed by atoms with Crippen molar-refractivity contribution in [2.24, 2.45) is 0 Å². The van der Waals surface area contributed by atoms with E-state index in [1.807, 2.05) is 13.8 Å². The molecule has 1 radical (unpaired) electrons. The summed E-state index contributed by atoms with van der Waals surface area (Å²) in [6, 6.07) is 0. The van der Waals surface area contributed by atoms with Crippen LogP contribution in [0.2, 0.25) is 0 Å². The first-order chi connectivity index (χ1) is 5.66. The zero-order chi connectivity index (χ0) is 9.40. The van der Waals surface area contributed by atoms with Gasteiger partial charge in [-0.3, -0.25) is 4.79 Å². The Morgan fingerprint density at radius 1 is 1.42 bits per heavy atom. The fourth-order valence-electron chi connectivity index (χ4n) is 0.895. The third kappa shape index (κ3) is 7.58. The molecule has 2 heteroatoms. The summed E-state index contributed by atoms with van der Waals surface area (Å²) >= 11 is 0. The van der Waals surface area contributed by atoms with E-state index in [0.717, 1.165) is 12.8 Å². The molecule has 0 rings (SSSR count). The van der Waals surface area contributed by atoms with Gasteiger partial charge < -0.3 is 4.74 Å². The largest absolute Gasteiger partial charge is 0.463 e. The number of carbonyl (C=O) groups excluding carboxylic acids is 1. The van der Waals surface area contributed by atoms with E-state index in [1.165, 1.54) is 12.8 Å². The average Bonchev–Trinajstić information content (AvgIpc) is 1.97. The lowest BCUT2D eigenvalue weighted by Gasteiger charge is -2.06. The minimum absolute atomic E-state index is 0.0000693. The topological polar surface area (TPSA) is 26.3 Å². The van der Waals surface area contributed by atoms with Crippen LogP contribution in [-0.4, -0.2) is 12.1 Å². The molecular formula is C10H19O2. The molecule has 0 aliphatic carbocycles. The summed E-state index contributed by atoms with van der Waals surface area (Å²) in [4.78, 5) is 10.9. The average molecular weight is 171 g/mol. The van der Waals surface area contributed by atoms with Crippen molar-refractivity contribution in [3.05, 3.63) is 6.42 Å². The fourth-order valence-corrected chi connectivity index (χ4v) is 0.895. The molecule has 0 unspecified atom stereocenters. The van der Waals surface area contributed by atoms with Crippen LogP contribution in [0.25, 0.3) is 0 Å². The first-order valence-corrected chi connectivity index (χ1v) is 4.70. The smallest absolute Gasteiger partial charge is 0.310 e. The number of unbranched alkanes of at least 4 members (excludes halogenated alkanes) is 3. The number of esters is 1. The summed E-state index contributed by atoms with van der Waals surface area (Å²) in [5.74, 6) is -0.180. The van der Waals surface area contributed by atoms with E-state index in [1.54, 1.807) is 6.42 Å². The van der Waals surface area contributed by atoms with Crippen LogP contribution in [0.15, 0.2) is 0 Å². The summed E-state index contributed by atoms with van der Waals surface area (Å²) in [5.41, 5.74) is 0. The van der Waals surface area contributed by atoms with Gasteiger partial charge in [0, 0.05) is 0 Å². The molecule has 0 aliphatic heterocycles. The molecule has 0 atom stereocenters. The Kier molecular flexibility index (Phi) is 6.82. The van der Waals surface area contributed by atoms with Gasteiger partial charge in [-0.05, 0) is 20.3 Å². The highest BCUT2D eigenvalue weighted by atomic mass is 16.5. The van der Waals surface area contributed by atoms with E-state index < -0.39 is 0 Å². The minimum Gasteiger partial charge on any atom is -0.463 e. The molecular weight excluding hydrogens is 152 g/mol. The van der Waals surface area contributed by atoms with Crippen molar-refractivity contribution in [1.29, 1.82) is 0 Å². The predicted molar refractivity (Wildman–Crippen MR) is 49.7 cm³/mol. The number of carbonyl (C=O) groups is 1. The van der Waals surface area contributed by atoms with Crippen LogP contribution in [0, 0.1) is 6.42 Å². The summed E-state index contributed by atoms with van der Waals surface area (Å²) in [5, 5.41) is 0. The molecule has 0 saturated carbocycles. The maximum absolute atomic E-state index is 10.9. The Morgan fingerprint density at radius 3 is 2.58 bits per heavy atom. The first-order valence-electron chi connectivity index (χ1n) is 4.70. The van der Waals surface area contributed by atoms with Crippen LogP contribution in [0.4, 0.5) is 0 Å². The molecule has 12 heavy (non-hydrogen) atoms. The van der Waals surface area contributed by atoms with E-state index in [2.05, 4.69) is 6.92 Å². The highest BCUT2D eigenvalue weighted by molar-refractivity contribution is 5.78. The molecule has 0 saturated heterocycles. The third-order valence-corrected chi connectivity index (χ3v) is 1.47. The molecule has 0 fully saturated rings. The van der Waals surface area contributed by atoms with Gasteiger partial charge in [-0.25, -0.2) is 0 Å². The van der Waals surface area contributed by atoms with Gasteiger partial charge in [0.15, 0.2) is 0 Å². The van der Waals surface area contributed by atoms with Crippen LogP contribution in [0.5, 0.6) is 0 Å². The maximum atomic E-state index is 10.9. The normalized spacial score (nSPS) is 10.3. The van der Waals surface area contributed by atoms with Crippen molar-refractivity contribution in [2.45, 2.75) is 52.6 Å². The van der Waals surface area contributed by atoms with Crippen molar-refractivity contribution >= 4 is 5.97 Å². The van der Waals surface area contributed by atoms with E-state index in [9.17, 15) is 4.79 Å². The molecule has 0 aromatic heterocycles. The van der Waals surface area contributed by atoms with Crippen LogP contribution in [-0.2, 0) is 9.53 Å². The lowest BCUT2D eigenvalue weighted by atomic mass is 10.1. The highest BCUT2D eigenvalue weighted by Gasteiger charge is 2.04. The van der Waals surface area contributed by atoms with Gasteiger partial charge >= 0.3 is 5.97 Å². The number of hydrogen-bond acceptors (Lipinski definition) is 2. The molecule has 0 aromatic rings. The molecule has 0 heterocycles. The second-order valence-corrected chi connectivity index (χ2v) is 3.19. The quantitative estimate of drug-likeness (QED) is 0.453. The van der Waals surface area contributed by atoms with Crippen molar-refractivity contribution in [3.8, 4) is 0 Å². The molecule has 0 aromatic carbocycles. The predicted octanol–water partition coefficient (Wildman–Crippen LogP) is 2.72. The van der Waals surface area contributed by atoms with E-state index in [4.69, 9.17) is 4.74 Å². The monoisotopic (exact) mass is 171 g/mol. The molecule has 2 nitrogen and oxygen atoms in total. The number of hydrogen-bond donors (Lipinski definition) is 0. The standard InChI is InChI=1S/C10H19O2/c1-4-5-6-7-8-10(11)12-9(2)3/h8-9H,4-7H2,1-3H3.